The first-order valence-electron chi connectivity index (χ1n) is 9.56. The van der Waals surface area contributed by atoms with Crippen LogP contribution >= 0.6 is 0 Å². The number of carbonyl (C=O) groups is 2. The van der Waals surface area contributed by atoms with Gasteiger partial charge in [-0.3, -0.25) is 9.59 Å². The first-order valence-corrected chi connectivity index (χ1v) is 9.56. The van der Waals surface area contributed by atoms with Crippen LogP contribution in [-0.2, 0) is 10.2 Å². The van der Waals surface area contributed by atoms with Crippen molar-refractivity contribution in [3.05, 3.63) is 78.1 Å². The SMILES string of the molecule is CC(NC(=O)c1ccc(C(C)(C)C)cc1)C(=O)Nc1cccc(-n2cccn2)c1. The molecule has 2 amide bonds. The first kappa shape index (κ1) is 20.3. The average molecular weight is 390 g/mol. The van der Waals surface area contributed by atoms with Crippen molar-refractivity contribution in [2.24, 2.45) is 0 Å². The third kappa shape index (κ3) is 5.10. The van der Waals surface area contributed by atoms with Gasteiger partial charge in [0.25, 0.3) is 5.91 Å². The van der Waals surface area contributed by atoms with Crippen LogP contribution in [0, 0.1) is 0 Å². The van der Waals surface area contributed by atoms with Gasteiger partial charge in [-0.15, -0.1) is 0 Å². The van der Waals surface area contributed by atoms with Gasteiger partial charge < -0.3 is 10.6 Å². The minimum absolute atomic E-state index is 0.0207. The fourth-order valence-electron chi connectivity index (χ4n) is 2.87. The van der Waals surface area contributed by atoms with E-state index in [2.05, 4.69) is 36.5 Å². The van der Waals surface area contributed by atoms with E-state index >= 15 is 0 Å². The number of anilines is 1. The third-order valence-electron chi connectivity index (χ3n) is 4.64. The van der Waals surface area contributed by atoms with Crippen LogP contribution in [0.3, 0.4) is 0 Å². The van der Waals surface area contributed by atoms with E-state index in [0.717, 1.165) is 11.3 Å². The highest BCUT2D eigenvalue weighted by atomic mass is 16.2. The van der Waals surface area contributed by atoms with Crippen molar-refractivity contribution in [1.29, 1.82) is 0 Å². The second kappa shape index (κ2) is 8.31. The zero-order chi connectivity index (χ0) is 21.0. The molecule has 0 aliphatic rings. The quantitative estimate of drug-likeness (QED) is 0.693. The number of hydrogen-bond donors (Lipinski definition) is 2. The van der Waals surface area contributed by atoms with E-state index in [1.165, 1.54) is 0 Å². The highest BCUT2D eigenvalue weighted by molar-refractivity contribution is 6.01. The Hall–Kier alpha value is -3.41. The lowest BCUT2D eigenvalue weighted by Gasteiger charge is -2.19. The molecular formula is C23H26N4O2. The zero-order valence-corrected chi connectivity index (χ0v) is 17.1. The van der Waals surface area contributed by atoms with Gasteiger partial charge in [-0.05, 0) is 54.3 Å². The number of nitrogens with zero attached hydrogens (tertiary/aromatic N) is 2. The monoisotopic (exact) mass is 390 g/mol. The van der Waals surface area contributed by atoms with Gasteiger partial charge in [-0.25, -0.2) is 4.68 Å². The summed E-state index contributed by atoms with van der Waals surface area (Å²) in [5.74, 6) is -0.569. The fraction of sp³-hybridized carbons (Fsp3) is 0.261. The molecule has 1 heterocycles. The molecular weight excluding hydrogens is 364 g/mol. The summed E-state index contributed by atoms with van der Waals surface area (Å²) in [5.41, 5.74) is 3.17. The highest BCUT2D eigenvalue weighted by Gasteiger charge is 2.18. The molecule has 1 unspecified atom stereocenters. The smallest absolute Gasteiger partial charge is 0.251 e. The van der Waals surface area contributed by atoms with Crippen LogP contribution in [0.5, 0.6) is 0 Å². The molecule has 0 fully saturated rings. The molecule has 6 heteroatoms. The van der Waals surface area contributed by atoms with Gasteiger partial charge in [-0.2, -0.15) is 5.10 Å². The first-order chi connectivity index (χ1) is 13.7. The van der Waals surface area contributed by atoms with Crippen molar-refractivity contribution in [1.82, 2.24) is 15.1 Å². The minimum Gasteiger partial charge on any atom is -0.341 e. The molecule has 0 radical (unpaired) electrons. The predicted octanol–water partition coefficient (Wildman–Crippen LogP) is 3.93. The van der Waals surface area contributed by atoms with Gasteiger partial charge in [0.2, 0.25) is 5.91 Å². The maximum atomic E-state index is 12.5. The summed E-state index contributed by atoms with van der Waals surface area (Å²) in [6.45, 7) is 8.02. The van der Waals surface area contributed by atoms with Crippen molar-refractivity contribution in [2.75, 3.05) is 5.32 Å². The Bertz CT molecular complexity index is 986. The Morgan fingerprint density at radius 1 is 1.03 bits per heavy atom. The molecule has 3 aromatic rings. The lowest BCUT2D eigenvalue weighted by Crippen LogP contribution is -2.41. The van der Waals surface area contributed by atoms with E-state index in [4.69, 9.17) is 0 Å². The maximum Gasteiger partial charge on any atom is 0.251 e. The van der Waals surface area contributed by atoms with Crippen LogP contribution in [0.25, 0.3) is 5.69 Å². The van der Waals surface area contributed by atoms with Crippen LogP contribution in [0.15, 0.2) is 67.0 Å². The van der Waals surface area contributed by atoms with Gasteiger partial charge in [0.1, 0.15) is 6.04 Å². The Labute approximate surface area is 170 Å². The normalized spacial score (nSPS) is 12.3. The van der Waals surface area contributed by atoms with Crippen molar-refractivity contribution in [3.63, 3.8) is 0 Å². The zero-order valence-electron chi connectivity index (χ0n) is 17.1. The van der Waals surface area contributed by atoms with Crippen molar-refractivity contribution in [2.45, 2.75) is 39.2 Å². The summed E-state index contributed by atoms with van der Waals surface area (Å²) < 4.78 is 1.71. The Morgan fingerprint density at radius 2 is 1.76 bits per heavy atom. The lowest BCUT2D eigenvalue weighted by molar-refractivity contribution is -0.117. The van der Waals surface area contributed by atoms with Crippen LogP contribution in [0.1, 0.15) is 43.6 Å². The molecule has 1 aromatic heterocycles. The summed E-state index contributed by atoms with van der Waals surface area (Å²) in [4.78, 5) is 25.0. The number of aromatic nitrogens is 2. The number of carbonyl (C=O) groups excluding carboxylic acids is 2. The number of amides is 2. The van der Waals surface area contributed by atoms with Gasteiger partial charge in [0, 0.05) is 23.6 Å². The molecule has 0 spiro atoms. The summed E-state index contributed by atoms with van der Waals surface area (Å²) in [7, 11) is 0. The number of hydrogen-bond acceptors (Lipinski definition) is 3. The van der Waals surface area contributed by atoms with Crippen molar-refractivity contribution in [3.8, 4) is 5.69 Å². The summed E-state index contributed by atoms with van der Waals surface area (Å²) in [5, 5.41) is 9.77. The van der Waals surface area contributed by atoms with Crippen molar-refractivity contribution >= 4 is 17.5 Å². The standard InChI is InChI=1S/C23H26N4O2/c1-16(25-22(29)17-9-11-18(12-10-17)23(2,3)4)21(28)26-19-7-5-8-20(15-19)27-14-6-13-24-27/h5-16H,1-4H3,(H,25,29)(H,26,28). The summed E-state index contributed by atoms with van der Waals surface area (Å²) in [6.07, 6.45) is 3.52. The van der Waals surface area contributed by atoms with E-state index in [0.29, 0.717) is 11.3 Å². The second-order valence-corrected chi connectivity index (χ2v) is 8.01. The number of rotatable bonds is 5. The van der Waals surface area contributed by atoms with Crippen LogP contribution in [0.4, 0.5) is 5.69 Å². The second-order valence-electron chi connectivity index (χ2n) is 8.01. The number of benzene rings is 2. The van der Waals surface area contributed by atoms with Gasteiger partial charge in [-0.1, -0.05) is 39.0 Å². The average Bonchev–Trinajstić information content (AvgIpc) is 3.22. The van der Waals surface area contributed by atoms with E-state index in [9.17, 15) is 9.59 Å². The molecule has 2 N–H and O–H groups in total. The maximum absolute atomic E-state index is 12.5. The Morgan fingerprint density at radius 3 is 2.38 bits per heavy atom. The molecule has 1 atom stereocenters. The van der Waals surface area contributed by atoms with Crippen LogP contribution in [-0.4, -0.2) is 27.6 Å². The van der Waals surface area contributed by atoms with E-state index in [-0.39, 0.29) is 17.2 Å². The Balaban J connectivity index is 1.62. The van der Waals surface area contributed by atoms with E-state index in [1.807, 2.05) is 42.6 Å². The third-order valence-corrected chi connectivity index (χ3v) is 4.64. The summed E-state index contributed by atoms with van der Waals surface area (Å²) >= 11 is 0. The molecule has 0 saturated carbocycles. The molecule has 29 heavy (non-hydrogen) atoms. The van der Waals surface area contributed by atoms with Gasteiger partial charge in [0.05, 0.1) is 5.69 Å². The Kier molecular flexibility index (Phi) is 5.82. The largest absolute Gasteiger partial charge is 0.341 e. The highest BCUT2D eigenvalue weighted by Crippen LogP contribution is 2.22. The minimum atomic E-state index is -0.682. The molecule has 0 aliphatic heterocycles. The molecule has 3 rings (SSSR count). The lowest BCUT2D eigenvalue weighted by atomic mass is 9.86. The topological polar surface area (TPSA) is 76.0 Å². The molecule has 0 aliphatic carbocycles. The predicted molar refractivity (Wildman–Crippen MR) is 114 cm³/mol. The van der Waals surface area contributed by atoms with Gasteiger partial charge in [0.15, 0.2) is 0 Å². The van der Waals surface area contributed by atoms with Crippen LogP contribution < -0.4 is 10.6 Å². The molecule has 150 valence electrons. The van der Waals surface area contributed by atoms with E-state index in [1.54, 1.807) is 36.0 Å². The fourth-order valence-corrected chi connectivity index (χ4v) is 2.87. The number of nitrogens with one attached hydrogen (secondary N) is 2. The van der Waals surface area contributed by atoms with Gasteiger partial charge >= 0.3 is 0 Å². The molecule has 6 nitrogen and oxygen atoms in total. The van der Waals surface area contributed by atoms with E-state index < -0.39 is 6.04 Å². The molecule has 2 aromatic carbocycles. The van der Waals surface area contributed by atoms with Crippen molar-refractivity contribution < 1.29 is 9.59 Å². The molecule has 0 saturated heterocycles. The molecule has 0 bridgehead atoms. The van der Waals surface area contributed by atoms with Crippen LogP contribution in [0.2, 0.25) is 0 Å². The summed E-state index contributed by atoms with van der Waals surface area (Å²) in [6, 6.07) is 16.0.